The predicted octanol–water partition coefficient (Wildman–Crippen LogP) is 3.59. The third-order valence-electron chi connectivity index (χ3n) is 4.96. The average Bonchev–Trinajstić information content (AvgIpc) is 2.98. The van der Waals surface area contributed by atoms with E-state index in [0.29, 0.717) is 23.9 Å². The molecule has 28 heavy (non-hydrogen) atoms. The van der Waals surface area contributed by atoms with E-state index in [1.54, 1.807) is 4.57 Å². The number of pyridine rings is 1. The molecule has 6 nitrogen and oxygen atoms in total. The van der Waals surface area contributed by atoms with Crippen LogP contribution in [0.4, 0.5) is 5.82 Å². The molecule has 0 radical (unpaired) electrons. The summed E-state index contributed by atoms with van der Waals surface area (Å²) in [5.74, 6) is 0.398. The molecule has 0 spiro atoms. The first-order valence-electron chi connectivity index (χ1n) is 10.2. The highest BCUT2D eigenvalue weighted by molar-refractivity contribution is 5.85. The van der Waals surface area contributed by atoms with Crippen LogP contribution in [0.3, 0.4) is 0 Å². The van der Waals surface area contributed by atoms with Gasteiger partial charge in [-0.05, 0) is 30.0 Å². The Hall–Kier alpha value is -2.60. The van der Waals surface area contributed by atoms with E-state index < -0.39 is 0 Å². The molecule has 0 atom stereocenters. The van der Waals surface area contributed by atoms with E-state index in [9.17, 15) is 4.79 Å². The molecule has 0 aliphatic heterocycles. The van der Waals surface area contributed by atoms with Crippen molar-refractivity contribution in [2.45, 2.75) is 65.6 Å². The second kappa shape index (κ2) is 9.06. The summed E-state index contributed by atoms with van der Waals surface area (Å²) >= 11 is 0. The molecule has 2 heterocycles. The summed E-state index contributed by atoms with van der Waals surface area (Å²) < 4.78 is 1.75. The van der Waals surface area contributed by atoms with Gasteiger partial charge < -0.3 is 16.0 Å². The van der Waals surface area contributed by atoms with E-state index in [1.807, 2.05) is 6.07 Å². The standard InChI is InChI=1S/C22H31N5O/c1-4-5-6-7-18-12-19-20(21(23)25-18)26-22(28)27(19)14-17-10-8-16(9-11-17)13-24-15(2)3/h8-12,15,24H,4-7,13-14H2,1-3H3,(H2,23,25)(H,26,28). The number of anilines is 1. The number of fused-ring (bicyclic) bond motifs is 1. The number of benzene rings is 1. The molecular weight excluding hydrogens is 350 g/mol. The van der Waals surface area contributed by atoms with E-state index in [1.165, 1.54) is 5.56 Å². The van der Waals surface area contributed by atoms with Crippen LogP contribution in [0.1, 0.15) is 56.9 Å². The van der Waals surface area contributed by atoms with Crippen LogP contribution in [0.25, 0.3) is 11.0 Å². The zero-order chi connectivity index (χ0) is 20.1. The minimum Gasteiger partial charge on any atom is -0.382 e. The van der Waals surface area contributed by atoms with Crippen molar-refractivity contribution in [2.75, 3.05) is 5.73 Å². The Bertz CT molecular complexity index is 969. The minimum absolute atomic E-state index is 0.153. The second-order valence-corrected chi connectivity index (χ2v) is 7.72. The van der Waals surface area contributed by atoms with Crippen LogP contribution in [0, 0.1) is 0 Å². The zero-order valence-corrected chi connectivity index (χ0v) is 17.1. The number of H-pyrrole nitrogens is 1. The van der Waals surface area contributed by atoms with Crippen LogP contribution < -0.4 is 16.7 Å². The summed E-state index contributed by atoms with van der Waals surface area (Å²) in [5.41, 5.74) is 10.7. The number of hydrogen-bond donors (Lipinski definition) is 3. The van der Waals surface area contributed by atoms with Crippen molar-refractivity contribution < 1.29 is 0 Å². The van der Waals surface area contributed by atoms with Crippen LogP contribution >= 0.6 is 0 Å². The lowest BCUT2D eigenvalue weighted by atomic mass is 10.1. The number of rotatable bonds is 9. The van der Waals surface area contributed by atoms with Crippen molar-refractivity contribution >= 4 is 16.9 Å². The Morgan fingerprint density at radius 1 is 1.18 bits per heavy atom. The van der Waals surface area contributed by atoms with Gasteiger partial charge in [-0.1, -0.05) is 57.9 Å². The number of imidazole rings is 1. The minimum atomic E-state index is -0.153. The Morgan fingerprint density at radius 2 is 1.89 bits per heavy atom. The van der Waals surface area contributed by atoms with Crippen LogP contribution in [0.5, 0.6) is 0 Å². The Balaban J connectivity index is 1.83. The molecule has 4 N–H and O–H groups in total. The third kappa shape index (κ3) is 4.81. The zero-order valence-electron chi connectivity index (χ0n) is 17.1. The Labute approximate surface area is 166 Å². The van der Waals surface area contributed by atoms with Crippen LogP contribution in [0.2, 0.25) is 0 Å². The Morgan fingerprint density at radius 3 is 2.57 bits per heavy atom. The molecule has 0 bridgehead atoms. The first kappa shape index (κ1) is 20.1. The summed E-state index contributed by atoms with van der Waals surface area (Å²) in [6.45, 7) is 7.80. The molecule has 3 aromatic rings. The van der Waals surface area contributed by atoms with Crippen molar-refractivity contribution in [3.05, 3.63) is 57.6 Å². The van der Waals surface area contributed by atoms with E-state index >= 15 is 0 Å². The van der Waals surface area contributed by atoms with Gasteiger partial charge in [-0.25, -0.2) is 9.78 Å². The fourth-order valence-electron chi connectivity index (χ4n) is 3.34. The smallest absolute Gasteiger partial charge is 0.326 e. The molecule has 3 rings (SSSR count). The molecule has 1 aromatic carbocycles. The molecule has 0 aliphatic rings. The molecule has 0 unspecified atom stereocenters. The molecule has 6 heteroatoms. The van der Waals surface area contributed by atoms with Gasteiger partial charge in [0.2, 0.25) is 0 Å². The maximum atomic E-state index is 12.5. The molecular formula is C22H31N5O. The van der Waals surface area contributed by atoms with E-state index in [-0.39, 0.29) is 5.69 Å². The fraction of sp³-hybridized carbons (Fsp3) is 0.455. The number of nitrogen functional groups attached to an aromatic ring is 1. The Kier molecular flexibility index (Phi) is 6.52. The first-order valence-corrected chi connectivity index (χ1v) is 10.2. The number of nitrogens with zero attached hydrogens (tertiary/aromatic N) is 2. The van der Waals surface area contributed by atoms with Gasteiger partial charge in [0, 0.05) is 18.3 Å². The van der Waals surface area contributed by atoms with Gasteiger partial charge >= 0.3 is 5.69 Å². The summed E-state index contributed by atoms with van der Waals surface area (Å²) in [7, 11) is 0. The molecule has 0 fully saturated rings. The number of nitrogens with one attached hydrogen (secondary N) is 2. The predicted molar refractivity (Wildman–Crippen MR) is 116 cm³/mol. The van der Waals surface area contributed by atoms with E-state index in [4.69, 9.17) is 5.73 Å². The van der Waals surface area contributed by atoms with E-state index in [2.05, 4.69) is 60.3 Å². The summed E-state index contributed by atoms with van der Waals surface area (Å²) in [6, 6.07) is 10.8. The second-order valence-electron chi connectivity index (χ2n) is 7.72. The number of hydrogen-bond acceptors (Lipinski definition) is 4. The summed E-state index contributed by atoms with van der Waals surface area (Å²) in [6.07, 6.45) is 4.28. The summed E-state index contributed by atoms with van der Waals surface area (Å²) in [4.78, 5) is 19.9. The third-order valence-corrected chi connectivity index (χ3v) is 4.96. The number of unbranched alkanes of at least 4 members (excludes halogenated alkanes) is 2. The largest absolute Gasteiger partial charge is 0.382 e. The highest BCUT2D eigenvalue weighted by atomic mass is 16.1. The number of aromatic amines is 1. The van der Waals surface area contributed by atoms with Crippen molar-refractivity contribution in [3.63, 3.8) is 0 Å². The fourth-order valence-corrected chi connectivity index (χ4v) is 3.34. The van der Waals surface area contributed by atoms with Crippen LogP contribution in [0.15, 0.2) is 35.1 Å². The van der Waals surface area contributed by atoms with Gasteiger partial charge in [0.25, 0.3) is 0 Å². The van der Waals surface area contributed by atoms with Gasteiger partial charge in [0.05, 0.1) is 12.1 Å². The summed E-state index contributed by atoms with van der Waals surface area (Å²) in [5, 5.41) is 3.41. The number of aromatic nitrogens is 3. The van der Waals surface area contributed by atoms with Crippen molar-refractivity contribution in [3.8, 4) is 0 Å². The molecule has 0 saturated heterocycles. The lowest BCUT2D eigenvalue weighted by Gasteiger charge is -2.10. The van der Waals surface area contributed by atoms with Gasteiger partial charge in [0.15, 0.2) is 0 Å². The van der Waals surface area contributed by atoms with Crippen molar-refractivity contribution in [1.82, 2.24) is 19.9 Å². The van der Waals surface area contributed by atoms with E-state index in [0.717, 1.165) is 49.0 Å². The number of aryl methyl sites for hydroxylation is 1. The number of nitrogens with two attached hydrogens (primary N) is 1. The van der Waals surface area contributed by atoms with Crippen LogP contribution in [-0.4, -0.2) is 20.6 Å². The SMILES string of the molecule is CCCCCc1cc2c([nH]c(=O)n2Cc2ccc(CNC(C)C)cc2)c(N)n1. The topological polar surface area (TPSA) is 88.7 Å². The van der Waals surface area contributed by atoms with Crippen molar-refractivity contribution in [1.29, 1.82) is 0 Å². The lowest BCUT2D eigenvalue weighted by Crippen LogP contribution is -2.21. The molecule has 2 aromatic heterocycles. The maximum absolute atomic E-state index is 12.5. The molecule has 0 saturated carbocycles. The lowest BCUT2D eigenvalue weighted by molar-refractivity contribution is 0.588. The first-order chi connectivity index (χ1) is 13.5. The van der Waals surface area contributed by atoms with Gasteiger partial charge in [0.1, 0.15) is 11.3 Å². The monoisotopic (exact) mass is 381 g/mol. The maximum Gasteiger partial charge on any atom is 0.326 e. The average molecular weight is 382 g/mol. The molecule has 0 aliphatic carbocycles. The van der Waals surface area contributed by atoms with Gasteiger partial charge in [-0.2, -0.15) is 0 Å². The van der Waals surface area contributed by atoms with Gasteiger partial charge in [-0.3, -0.25) is 4.57 Å². The molecule has 150 valence electrons. The quantitative estimate of drug-likeness (QED) is 0.494. The highest BCUT2D eigenvalue weighted by Gasteiger charge is 2.12. The molecule has 0 amide bonds. The van der Waals surface area contributed by atoms with Gasteiger partial charge in [-0.15, -0.1) is 0 Å². The van der Waals surface area contributed by atoms with Crippen molar-refractivity contribution in [2.24, 2.45) is 0 Å². The van der Waals surface area contributed by atoms with Crippen LogP contribution in [-0.2, 0) is 19.5 Å². The normalized spacial score (nSPS) is 11.6. The highest BCUT2D eigenvalue weighted by Crippen LogP contribution is 2.20.